The molecule has 0 radical (unpaired) electrons. The number of ether oxygens (including phenoxy) is 3. The fraction of sp³-hybridized carbons (Fsp3) is 0.500. The predicted octanol–water partition coefficient (Wildman–Crippen LogP) is 2.96. The molecule has 0 aliphatic rings. The number of hydrogen-bond acceptors (Lipinski definition) is 3. The summed E-state index contributed by atoms with van der Waals surface area (Å²) in [6.45, 7) is 2.62. The topological polar surface area (TPSA) is 27.7 Å². The molecule has 0 aliphatic heterocycles. The maximum atomic E-state index is 5.71. The van der Waals surface area contributed by atoms with E-state index in [9.17, 15) is 0 Å². The average Bonchev–Trinajstić information content (AvgIpc) is 2.35. The van der Waals surface area contributed by atoms with Crippen LogP contribution in [0, 0.1) is 5.92 Å². The van der Waals surface area contributed by atoms with Crippen LogP contribution in [-0.2, 0) is 0 Å². The fourth-order valence-corrected chi connectivity index (χ4v) is 1.24. The molecule has 0 heterocycles. The summed E-state index contributed by atoms with van der Waals surface area (Å²) in [6.07, 6.45) is 0. The van der Waals surface area contributed by atoms with Gasteiger partial charge < -0.3 is 14.2 Å². The second kappa shape index (κ2) is 6.48. The van der Waals surface area contributed by atoms with E-state index in [1.165, 1.54) is 0 Å². The van der Waals surface area contributed by atoms with Gasteiger partial charge in [-0.1, -0.05) is 6.92 Å². The number of alkyl halides is 1. The molecule has 3 nitrogen and oxygen atoms in total. The molecule has 1 unspecified atom stereocenters. The molecule has 0 aromatic heterocycles. The Kier molecular flexibility index (Phi) is 5.26. The third-order valence-corrected chi connectivity index (χ3v) is 2.65. The lowest BCUT2D eigenvalue weighted by atomic mass is 10.2. The van der Waals surface area contributed by atoms with Crippen LogP contribution < -0.4 is 14.2 Å². The standard InChI is InChI=1S/C12H17ClO3/c1-9(7-13)8-16-12-5-10(14-2)4-11(6-12)15-3/h4-6,9H,7-8H2,1-3H3. The first-order valence-electron chi connectivity index (χ1n) is 5.11. The van der Waals surface area contributed by atoms with Gasteiger partial charge in [0, 0.05) is 30.0 Å². The highest BCUT2D eigenvalue weighted by Crippen LogP contribution is 2.27. The maximum absolute atomic E-state index is 5.71. The van der Waals surface area contributed by atoms with E-state index in [1.54, 1.807) is 20.3 Å². The smallest absolute Gasteiger partial charge is 0.126 e. The van der Waals surface area contributed by atoms with Crippen molar-refractivity contribution < 1.29 is 14.2 Å². The molecule has 0 saturated heterocycles. The van der Waals surface area contributed by atoms with E-state index in [2.05, 4.69) is 0 Å². The molecule has 0 N–H and O–H groups in total. The van der Waals surface area contributed by atoms with Crippen LogP contribution in [0.15, 0.2) is 18.2 Å². The Hall–Kier alpha value is -1.09. The molecule has 1 aromatic rings. The van der Waals surface area contributed by atoms with Crippen molar-refractivity contribution in [3.8, 4) is 17.2 Å². The minimum atomic E-state index is 0.318. The Morgan fingerprint density at radius 1 is 1.06 bits per heavy atom. The van der Waals surface area contributed by atoms with Crippen LogP contribution in [0.5, 0.6) is 17.2 Å². The summed E-state index contributed by atoms with van der Waals surface area (Å²) < 4.78 is 15.9. The van der Waals surface area contributed by atoms with Gasteiger partial charge >= 0.3 is 0 Å². The summed E-state index contributed by atoms with van der Waals surface area (Å²) in [5.74, 6) is 3.06. The molecule has 0 saturated carbocycles. The highest BCUT2D eigenvalue weighted by molar-refractivity contribution is 6.18. The first kappa shape index (κ1) is 13.0. The Bertz CT molecular complexity index is 306. The van der Waals surface area contributed by atoms with Crippen molar-refractivity contribution in [2.75, 3.05) is 26.7 Å². The molecule has 0 spiro atoms. The number of hydrogen-bond donors (Lipinski definition) is 0. The van der Waals surface area contributed by atoms with Gasteiger partial charge in [-0.2, -0.15) is 0 Å². The van der Waals surface area contributed by atoms with E-state index in [-0.39, 0.29) is 0 Å². The minimum Gasteiger partial charge on any atom is -0.496 e. The first-order chi connectivity index (χ1) is 7.69. The zero-order chi connectivity index (χ0) is 12.0. The van der Waals surface area contributed by atoms with Crippen LogP contribution in [-0.4, -0.2) is 26.7 Å². The lowest BCUT2D eigenvalue weighted by Crippen LogP contribution is -2.09. The largest absolute Gasteiger partial charge is 0.496 e. The van der Waals surface area contributed by atoms with Crippen LogP contribution in [0.4, 0.5) is 0 Å². The van der Waals surface area contributed by atoms with Crippen molar-refractivity contribution in [1.82, 2.24) is 0 Å². The highest BCUT2D eigenvalue weighted by atomic mass is 35.5. The molecule has 1 aromatic carbocycles. The van der Waals surface area contributed by atoms with Crippen molar-refractivity contribution >= 4 is 11.6 Å². The summed E-state index contributed by atoms with van der Waals surface area (Å²) in [6, 6.07) is 5.45. The van der Waals surface area contributed by atoms with Crippen LogP contribution in [0.1, 0.15) is 6.92 Å². The molecule has 0 amide bonds. The van der Waals surface area contributed by atoms with Gasteiger partial charge in [0.25, 0.3) is 0 Å². The molecule has 0 aliphatic carbocycles. The molecule has 4 heteroatoms. The number of rotatable bonds is 6. The van der Waals surface area contributed by atoms with Gasteiger partial charge in [0.2, 0.25) is 0 Å². The van der Waals surface area contributed by atoms with Gasteiger partial charge in [-0.3, -0.25) is 0 Å². The molecule has 1 rings (SSSR count). The van der Waals surface area contributed by atoms with Crippen molar-refractivity contribution in [2.24, 2.45) is 5.92 Å². The van der Waals surface area contributed by atoms with Gasteiger partial charge in [0.05, 0.1) is 20.8 Å². The lowest BCUT2D eigenvalue weighted by molar-refractivity contribution is 0.269. The quantitative estimate of drug-likeness (QED) is 0.720. The van der Waals surface area contributed by atoms with Gasteiger partial charge in [0.15, 0.2) is 0 Å². The summed E-state index contributed by atoms with van der Waals surface area (Å²) >= 11 is 5.71. The molecular weight excluding hydrogens is 228 g/mol. The normalized spacial score (nSPS) is 12.0. The van der Waals surface area contributed by atoms with Gasteiger partial charge in [-0.05, 0) is 0 Å². The minimum absolute atomic E-state index is 0.318. The Balaban J connectivity index is 2.71. The van der Waals surface area contributed by atoms with Crippen LogP contribution in [0.25, 0.3) is 0 Å². The fourth-order valence-electron chi connectivity index (χ4n) is 1.15. The van der Waals surface area contributed by atoms with E-state index >= 15 is 0 Å². The van der Waals surface area contributed by atoms with Crippen molar-refractivity contribution in [3.63, 3.8) is 0 Å². The summed E-state index contributed by atoms with van der Waals surface area (Å²) in [7, 11) is 3.22. The molecule has 90 valence electrons. The summed E-state index contributed by atoms with van der Waals surface area (Å²) in [5, 5.41) is 0. The Morgan fingerprint density at radius 3 is 2.00 bits per heavy atom. The van der Waals surface area contributed by atoms with E-state index in [0.29, 0.717) is 29.9 Å². The second-order valence-electron chi connectivity index (χ2n) is 3.62. The van der Waals surface area contributed by atoms with Crippen molar-refractivity contribution in [2.45, 2.75) is 6.92 Å². The summed E-state index contributed by atoms with van der Waals surface area (Å²) in [4.78, 5) is 0. The average molecular weight is 245 g/mol. The van der Waals surface area contributed by atoms with Crippen LogP contribution in [0.2, 0.25) is 0 Å². The van der Waals surface area contributed by atoms with E-state index in [1.807, 2.05) is 19.1 Å². The number of methoxy groups -OCH3 is 2. The van der Waals surface area contributed by atoms with Gasteiger partial charge in [-0.15, -0.1) is 11.6 Å². The molecule has 0 bridgehead atoms. The van der Waals surface area contributed by atoms with Gasteiger partial charge in [-0.25, -0.2) is 0 Å². The second-order valence-corrected chi connectivity index (χ2v) is 3.93. The van der Waals surface area contributed by atoms with Crippen LogP contribution >= 0.6 is 11.6 Å². The number of benzene rings is 1. The molecule has 0 fully saturated rings. The predicted molar refractivity (Wildman–Crippen MR) is 64.9 cm³/mol. The highest BCUT2D eigenvalue weighted by Gasteiger charge is 2.05. The van der Waals surface area contributed by atoms with E-state index < -0.39 is 0 Å². The summed E-state index contributed by atoms with van der Waals surface area (Å²) in [5.41, 5.74) is 0. The van der Waals surface area contributed by atoms with Gasteiger partial charge in [0.1, 0.15) is 17.2 Å². The van der Waals surface area contributed by atoms with Crippen LogP contribution in [0.3, 0.4) is 0 Å². The Labute approximate surface area is 101 Å². The third-order valence-electron chi connectivity index (χ3n) is 2.12. The van der Waals surface area contributed by atoms with E-state index in [0.717, 1.165) is 5.75 Å². The third kappa shape index (κ3) is 3.81. The lowest BCUT2D eigenvalue weighted by Gasteiger charge is -2.12. The Morgan fingerprint density at radius 2 is 1.56 bits per heavy atom. The van der Waals surface area contributed by atoms with Crippen molar-refractivity contribution in [1.29, 1.82) is 0 Å². The monoisotopic (exact) mass is 244 g/mol. The number of halogens is 1. The molecule has 16 heavy (non-hydrogen) atoms. The SMILES string of the molecule is COc1cc(OC)cc(OCC(C)CCl)c1. The zero-order valence-electron chi connectivity index (χ0n) is 9.83. The maximum Gasteiger partial charge on any atom is 0.126 e. The van der Waals surface area contributed by atoms with E-state index in [4.69, 9.17) is 25.8 Å². The first-order valence-corrected chi connectivity index (χ1v) is 5.65. The van der Waals surface area contributed by atoms with Crippen molar-refractivity contribution in [3.05, 3.63) is 18.2 Å². The molecule has 1 atom stereocenters. The zero-order valence-corrected chi connectivity index (χ0v) is 10.6. The molecular formula is C12H17ClO3.